The monoisotopic (exact) mass is 325 g/mol. The second kappa shape index (κ2) is 6.73. The van der Waals surface area contributed by atoms with Gasteiger partial charge in [-0.3, -0.25) is 4.79 Å². The van der Waals surface area contributed by atoms with Crippen molar-refractivity contribution in [2.45, 2.75) is 4.90 Å². The normalized spacial score (nSPS) is 11.1. The maximum absolute atomic E-state index is 12.1. The van der Waals surface area contributed by atoms with E-state index in [2.05, 4.69) is 5.32 Å². The van der Waals surface area contributed by atoms with Gasteiger partial charge in [-0.05, 0) is 35.7 Å². The van der Waals surface area contributed by atoms with E-state index in [1.54, 1.807) is 29.6 Å². The van der Waals surface area contributed by atoms with Gasteiger partial charge in [0.2, 0.25) is 0 Å². The van der Waals surface area contributed by atoms with Gasteiger partial charge in [0.1, 0.15) is 5.75 Å². The Balaban J connectivity index is 1.93. The standard InChI is InChI=1S/C14H15NO4S2/c1-19-11-4-6-12(7-5-11)21(17,18)10-8-15-14(16)13-3-2-9-20-13/h2-7,9H,8,10H2,1H3,(H,15,16). The topological polar surface area (TPSA) is 72.5 Å². The predicted octanol–water partition coefficient (Wildman–Crippen LogP) is 1.96. The Bertz CT molecular complexity index is 691. The Morgan fingerprint density at radius 1 is 1.24 bits per heavy atom. The number of carbonyl (C=O) groups is 1. The summed E-state index contributed by atoms with van der Waals surface area (Å²) in [6.07, 6.45) is 0. The van der Waals surface area contributed by atoms with Crippen LogP contribution in [0.2, 0.25) is 0 Å². The summed E-state index contributed by atoms with van der Waals surface area (Å²) in [4.78, 5) is 12.5. The van der Waals surface area contributed by atoms with Crippen LogP contribution in [0.3, 0.4) is 0 Å². The summed E-state index contributed by atoms with van der Waals surface area (Å²) >= 11 is 1.31. The molecule has 7 heteroatoms. The minimum Gasteiger partial charge on any atom is -0.497 e. The zero-order chi connectivity index (χ0) is 15.3. The molecule has 0 saturated heterocycles. The van der Waals surface area contributed by atoms with E-state index in [9.17, 15) is 13.2 Å². The highest BCUT2D eigenvalue weighted by Crippen LogP contribution is 2.16. The number of amides is 1. The molecule has 2 aromatic rings. The molecule has 0 aliphatic heterocycles. The van der Waals surface area contributed by atoms with Crippen LogP contribution in [0.25, 0.3) is 0 Å². The number of benzene rings is 1. The van der Waals surface area contributed by atoms with Gasteiger partial charge in [0.05, 0.1) is 22.6 Å². The molecule has 0 aliphatic carbocycles. The van der Waals surface area contributed by atoms with Gasteiger partial charge in [-0.25, -0.2) is 8.42 Å². The first-order valence-corrected chi connectivity index (χ1v) is 8.74. The van der Waals surface area contributed by atoms with Crippen molar-refractivity contribution >= 4 is 27.1 Å². The fraction of sp³-hybridized carbons (Fsp3) is 0.214. The number of hydrogen-bond acceptors (Lipinski definition) is 5. The van der Waals surface area contributed by atoms with E-state index in [0.717, 1.165) is 0 Å². The summed E-state index contributed by atoms with van der Waals surface area (Å²) in [7, 11) is -1.90. The van der Waals surface area contributed by atoms with E-state index in [4.69, 9.17) is 4.74 Å². The third-order valence-corrected chi connectivity index (χ3v) is 5.42. The molecule has 112 valence electrons. The van der Waals surface area contributed by atoms with Gasteiger partial charge in [0.15, 0.2) is 9.84 Å². The molecule has 0 fully saturated rings. The minimum absolute atomic E-state index is 0.0745. The first kappa shape index (κ1) is 15.5. The van der Waals surface area contributed by atoms with Crippen LogP contribution in [-0.4, -0.2) is 33.7 Å². The smallest absolute Gasteiger partial charge is 0.261 e. The molecule has 0 spiro atoms. The van der Waals surface area contributed by atoms with Gasteiger partial charge in [0.25, 0.3) is 5.91 Å². The molecule has 1 heterocycles. The lowest BCUT2D eigenvalue weighted by molar-refractivity contribution is 0.0960. The predicted molar refractivity (Wildman–Crippen MR) is 81.7 cm³/mol. The molecule has 0 bridgehead atoms. The van der Waals surface area contributed by atoms with E-state index in [1.165, 1.54) is 30.6 Å². The van der Waals surface area contributed by atoms with E-state index in [1.807, 2.05) is 0 Å². The molecule has 0 atom stereocenters. The molecule has 0 radical (unpaired) electrons. The molecule has 1 aromatic carbocycles. The second-order valence-corrected chi connectivity index (χ2v) is 7.28. The van der Waals surface area contributed by atoms with Crippen molar-refractivity contribution < 1.29 is 17.9 Å². The van der Waals surface area contributed by atoms with Crippen molar-refractivity contribution in [3.63, 3.8) is 0 Å². The van der Waals surface area contributed by atoms with Crippen molar-refractivity contribution in [1.82, 2.24) is 5.32 Å². The van der Waals surface area contributed by atoms with E-state index in [0.29, 0.717) is 10.6 Å². The zero-order valence-corrected chi connectivity index (χ0v) is 13.0. The number of hydrogen-bond donors (Lipinski definition) is 1. The molecule has 1 aromatic heterocycles. The maximum atomic E-state index is 12.1. The number of rotatable bonds is 6. The molecule has 21 heavy (non-hydrogen) atoms. The van der Waals surface area contributed by atoms with Crippen LogP contribution in [0.4, 0.5) is 0 Å². The average molecular weight is 325 g/mol. The van der Waals surface area contributed by atoms with Crippen molar-refractivity contribution in [2.75, 3.05) is 19.4 Å². The van der Waals surface area contributed by atoms with Crippen molar-refractivity contribution in [2.24, 2.45) is 0 Å². The highest BCUT2D eigenvalue weighted by molar-refractivity contribution is 7.91. The fourth-order valence-electron chi connectivity index (χ4n) is 1.69. The number of thiophene rings is 1. The quantitative estimate of drug-likeness (QED) is 0.881. The van der Waals surface area contributed by atoms with Crippen LogP contribution in [0, 0.1) is 0 Å². The summed E-state index contributed by atoms with van der Waals surface area (Å²) in [5, 5.41) is 4.40. The van der Waals surface area contributed by atoms with Gasteiger partial charge in [-0.1, -0.05) is 6.07 Å². The molecule has 5 nitrogen and oxygen atoms in total. The molecule has 1 amide bonds. The Morgan fingerprint density at radius 3 is 2.52 bits per heavy atom. The van der Waals surface area contributed by atoms with E-state index < -0.39 is 9.84 Å². The van der Waals surface area contributed by atoms with E-state index in [-0.39, 0.29) is 23.1 Å². The summed E-state index contributed by atoms with van der Waals surface area (Å²) in [6.45, 7) is 0.0745. The maximum Gasteiger partial charge on any atom is 0.261 e. The van der Waals surface area contributed by atoms with Crippen LogP contribution < -0.4 is 10.1 Å². The lowest BCUT2D eigenvalue weighted by Crippen LogP contribution is -2.28. The first-order chi connectivity index (χ1) is 10.0. The largest absolute Gasteiger partial charge is 0.497 e. The third-order valence-electron chi connectivity index (χ3n) is 2.82. The number of carbonyl (C=O) groups excluding carboxylic acids is 1. The lowest BCUT2D eigenvalue weighted by atomic mass is 10.3. The second-order valence-electron chi connectivity index (χ2n) is 4.23. The van der Waals surface area contributed by atoms with Gasteiger partial charge in [-0.2, -0.15) is 0 Å². The molecular formula is C14H15NO4S2. The molecule has 2 rings (SSSR count). The lowest BCUT2D eigenvalue weighted by Gasteiger charge is -2.06. The average Bonchev–Trinajstić information content (AvgIpc) is 3.01. The Hall–Kier alpha value is -1.86. The molecular weight excluding hydrogens is 310 g/mol. The minimum atomic E-state index is -3.42. The summed E-state index contributed by atoms with van der Waals surface area (Å²) in [5.74, 6) is 0.200. The summed E-state index contributed by atoms with van der Waals surface area (Å²) < 4.78 is 29.2. The van der Waals surface area contributed by atoms with E-state index >= 15 is 0 Å². The number of nitrogens with one attached hydrogen (secondary N) is 1. The molecule has 0 unspecified atom stereocenters. The Kier molecular flexibility index (Phi) is 4.98. The van der Waals surface area contributed by atoms with Gasteiger partial charge >= 0.3 is 0 Å². The van der Waals surface area contributed by atoms with Crippen molar-refractivity contribution in [3.05, 3.63) is 46.7 Å². The molecule has 1 N–H and O–H groups in total. The van der Waals surface area contributed by atoms with Crippen LogP contribution in [0.15, 0.2) is 46.7 Å². The zero-order valence-electron chi connectivity index (χ0n) is 11.4. The number of ether oxygens (including phenoxy) is 1. The molecule has 0 aliphatic rings. The highest BCUT2D eigenvalue weighted by atomic mass is 32.2. The van der Waals surface area contributed by atoms with Crippen molar-refractivity contribution in [1.29, 1.82) is 0 Å². The van der Waals surface area contributed by atoms with Crippen molar-refractivity contribution in [3.8, 4) is 5.75 Å². The highest BCUT2D eigenvalue weighted by Gasteiger charge is 2.15. The Morgan fingerprint density at radius 2 is 1.95 bits per heavy atom. The Labute approximate surface area is 127 Å². The van der Waals surface area contributed by atoms with Gasteiger partial charge < -0.3 is 10.1 Å². The summed E-state index contributed by atoms with van der Waals surface area (Å²) in [6, 6.07) is 9.64. The SMILES string of the molecule is COc1ccc(S(=O)(=O)CCNC(=O)c2cccs2)cc1. The molecule has 0 saturated carbocycles. The summed E-state index contributed by atoms with van der Waals surface area (Å²) in [5.41, 5.74) is 0. The van der Waals surface area contributed by atoms with Crippen LogP contribution in [0.1, 0.15) is 9.67 Å². The van der Waals surface area contributed by atoms with Gasteiger partial charge in [-0.15, -0.1) is 11.3 Å². The van der Waals surface area contributed by atoms with Gasteiger partial charge in [0, 0.05) is 6.54 Å². The van der Waals surface area contributed by atoms with Crippen LogP contribution in [-0.2, 0) is 9.84 Å². The first-order valence-electron chi connectivity index (χ1n) is 6.21. The fourth-order valence-corrected chi connectivity index (χ4v) is 3.49. The third kappa shape index (κ3) is 4.05. The van der Waals surface area contributed by atoms with Crippen LogP contribution >= 0.6 is 11.3 Å². The number of methoxy groups -OCH3 is 1. The van der Waals surface area contributed by atoms with Crippen LogP contribution in [0.5, 0.6) is 5.75 Å². The number of sulfone groups is 1.